The number of benzene rings is 2. The van der Waals surface area contributed by atoms with Crippen molar-refractivity contribution in [3.8, 4) is 0 Å². The lowest BCUT2D eigenvalue weighted by Gasteiger charge is -2.11. The summed E-state index contributed by atoms with van der Waals surface area (Å²) in [6, 6.07) is 16.1. The number of ketones is 1. The first-order chi connectivity index (χ1) is 8.77. The van der Waals surface area contributed by atoms with Gasteiger partial charge >= 0.3 is 0 Å². The maximum atomic E-state index is 12.6. The minimum absolute atomic E-state index is 0.0206. The Labute approximate surface area is 111 Å². The topological polar surface area (TPSA) is 17.1 Å². The van der Waals surface area contributed by atoms with Crippen LogP contribution < -0.4 is 0 Å². The van der Waals surface area contributed by atoms with Crippen LogP contribution in [-0.2, 0) is 0 Å². The molecule has 1 aliphatic rings. The molecule has 1 aliphatic heterocycles. The summed E-state index contributed by atoms with van der Waals surface area (Å²) >= 11 is 1.78. The van der Waals surface area contributed by atoms with Crippen LogP contribution in [0.15, 0.2) is 53.4 Å². The van der Waals surface area contributed by atoms with Gasteiger partial charge in [-0.2, -0.15) is 0 Å². The molecule has 0 aromatic heterocycles. The Bertz CT molecular complexity index is 604. The summed E-state index contributed by atoms with van der Waals surface area (Å²) in [6.07, 6.45) is 0. The number of hydrogen-bond donors (Lipinski definition) is 0. The Balaban J connectivity index is 1.99. The zero-order valence-electron chi connectivity index (χ0n) is 10.2. The molecule has 2 heteroatoms. The molecule has 0 N–H and O–H groups in total. The smallest absolute Gasteiger partial charge is 0.171 e. The van der Waals surface area contributed by atoms with Gasteiger partial charge in [-0.3, -0.25) is 4.79 Å². The van der Waals surface area contributed by atoms with Gasteiger partial charge < -0.3 is 0 Å². The number of aryl methyl sites for hydroxylation is 1. The highest BCUT2D eigenvalue weighted by Crippen LogP contribution is 2.41. The van der Waals surface area contributed by atoms with E-state index in [0.717, 1.165) is 16.9 Å². The first-order valence-corrected chi connectivity index (χ1v) is 7.07. The van der Waals surface area contributed by atoms with E-state index in [9.17, 15) is 4.79 Å². The predicted octanol–water partition coefficient (Wildman–Crippen LogP) is 4.07. The zero-order valence-corrected chi connectivity index (χ0v) is 11.0. The Hall–Kier alpha value is -1.54. The van der Waals surface area contributed by atoms with Crippen molar-refractivity contribution in [2.24, 2.45) is 0 Å². The monoisotopic (exact) mass is 254 g/mol. The van der Waals surface area contributed by atoms with Crippen molar-refractivity contribution in [3.63, 3.8) is 0 Å². The van der Waals surface area contributed by atoms with Crippen LogP contribution in [0.25, 0.3) is 0 Å². The summed E-state index contributed by atoms with van der Waals surface area (Å²) in [7, 11) is 0. The summed E-state index contributed by atoms with van der Waals surface area (Å²) in [5.41, 5.74) is 3.12. The molecule has 0 saturated carbocycles. The highest BCUT2D eigenvalue weighted by Gasteiger charge is 2.29. The average molecular weight is 254 g/mol. The number of carbonyl (C=O) groups is 1. The van der Waals surface area contributed by atoms with Crippen molar-refractivity contribution in [3.05, 3.63) is 65.2 Å². The van der Waals surface area contributed by atoms with Gasteiger partial charge in [0.2, 0.25) is 0 Å². The van der Waals surface area contributed by atoms with Crippen LogP contribution in [0.4, 0.5) is 0 Å². The van der Waals surface area contributed by atoms with Crippen LogP contribution in [0.1, 0.15) is 27.4 Å². The summed E-state index contributed by atoms with van der Waals surface area (Å²) < 4.78 is 0. The molecular weight excluding hydrogens is 240 g/mol. The van der Waals surface area contributed by atoms with Crippen LogP contribution in [0.2, 0.25) is 0 Å². The van der Waals surface area contributed by atoms with Crippen LogP contribution in [0, 0.1) is 6.92 Å². The van der Waals surface area contributed by atoms with Gasteiger partial charge in [0.05, 0.1) is 5.92 Å². The minimum atomic E-state index is 0.0206. The SMILES string of the molecule is Cc1ccccc1C(=O)C1CSc2ccccc21. The van der Waals surface area contributed by atoms with Gasteiger partial charge in [0.1, 0.15) is 0 Å². The Morgan fingerprint density at radius 2 is 1.83 bits per heavy atom. The molecule has 0 spiro atoms. The molecule has 1 atom stereocenters. The number of rotatable bonds is 2. The minimum Gasteiger partial charge on any atom is -0.293 e. The molecule has 1 heterocycles. The Morgan fingerprint density at radius 1 is 1.11 bits per heavy atom. The molecule has 0 bridgehead atoms. The van der Waals surface area contributed by atoms with Crippen molar-refractivity contribution < 1.29 is 4.79 Å². The third kappa shape index (κ3) is 1.87. The molecule has 2 aromatic carbocycles. The van der Waals surface area contributed by atoms with E-state index in [-0.39, 0.29) is 11.7 Å². The largest absolute Gasteiger partial charge is 0.293 e. The van der Waals surface area contributed by atoms with Gasteiger partial charge in [-0.25, -0.2) is 0 Å². The molecule has 0 fully saturated rings. The van der Waals surface area contributed by atoms with E-state index in [0.29, 0.717) is 0 Å². The molecule has 2 aromatic rings. The highest BCUT2D eigenvalue weighted by atomic mass is 32.2. The van der Waals surface area contributed by atoms with Gasteiger partial charge in [-0.15, -0.1) is 11.8 Å². The first kappa shape index (κ1) is 11.5. The van der Waals surface area contributed by atoms with E-state index < -0.39 is 0 Å². The quantitative estimate of drug-likeness (QED) is 0.752. The normalized spacial score (nSPS) is 17.5. The molecule has 0 amide bonds. The van der Waals surface area contributed by atoms with Gasteiger partial charge in [-0.05, 0) is 24.1 Å². The van der Waals surface area contributed by atoms with Crippen molar-refractivity contribution in [1.82, 2.24) is 0 Å². The summed E-state index contributed by atoms with van der Waals surface area (Å²) in [4.78, 5) is 13.9. The van der Waals surface area contributed by atoms with Crippen molar-refractivity contribution in [1.29, 1.82) is 0 Å². The second-order valence-electron chi connectivity index (χ2n) is 4.58. The molecule has 90 valence electrons. The Kier molecular flexibility index (Phi) is 2.96. The van der Waals surface area contributed by atoms with E-state index in [1.807, 2.05) is 43.3 Å². The number of carbonyl (C=O) groups excluding carboxylic acids is 1. The third-order valence-electron chi connectivity index (χ3n) is 3.43. The molecule has 1 unspecified atom stereocenters. The third-order valence-corrected chi connectivity index (χ3v) is 4.61. The number of Topliss-reactive ketones (excluding diaryl/α,β-unsaturated/α-hetero) is 1. The van der Waals surface area contributed by atoms with E-state index in [1.165, 1.54) is 10.5 Å². The van der Waals surface area contributed by atoms with Crippen molar-refractivity contribution >= 4 is 17.5 Å². The Morgan fingerprint density at radius 3 is 2.67 bits per heavy atom. The highest BCUT2D eigenvalue weighted by molar-refractivity contribution is 7.99. The molecule has 1 nitrogen and oxygen atoms in total. The lowest BCUT2D eigenvalue weighted by Crippen LogP contribution is -2.13. The second-order valence-corrected chi connectivity index (χ2v) is 5.64. The molecule has 3 rings (SSSR count). The fourth-order valence-electron chi connectivity index (χ4n) is 2.42. The predicted molar refractivity (Wildman–Crippen MR) is 75.4 cm³/mol. The van der Waals surface area contributed by atoms with Gasteiger partial charge in [-0.1, -0.05) is 42.5 Å². The maximum absolute atomic E-state index is 12.6. The lowest BCUT2D eigenvalue weighted by molar-refractivity contribution is 0.0968. The molecule has 0 aliphatic carbocycles. The van der Waals surface area contributed by atoms with Crippen LogP contribution in [0.5, 0.6) is 0 Å². The fourth-order valence-corrected chi connectivity index (χ4v) is 3.65. The van der Waals surface area contributed by atoms with E-state index >= 15 is 0 Å². The summed E-state index contributed by atoms with van der Waals surface area (Å²) in [5.74, 6) is 1.14. The number of fused-ring (bicyclic) bond motifs is 1. The van der Waals surface area contributed by atoms with E-state index in [4.69, 9.17) is 0 Å². The summed E-state index contributed by atoms with van der Waals surface area (Å²) in [5, 5.41) is 0. The van der Waals surface area contributed by atoms with Crippen molar-refractivity contribution in [2.75, 3.05) is 5.75 Å². The van der Waals surface area contributed by atoms with Crippen molar-refractivity contribution in [2.45, 2.75) is 17.7 Å². The van der Waals surface area contributed by atoms with Gasteiger partial charge in [0, 0.05) is 16.2 Å². The second kappa shape index (κ2) is 4.62. The average Bonchev–Trinajstić information content (AvgIpc) is 2.82. The molecule has 0 radical (unpaired) electrons. The van der Waals surface area contributed by atoms with Crippen LogP contribution in [-0.4, -0.2) is 11.5 Å². The van der Waals surface area contributed by atoms with E-state index in [2.05, 4.69) is 12.1 Å². The van der Waals surface area contributed by atoms with Gasteiger partial charge in [0.15, 0.2) is 5.78 Å². The standard InChI is InChI=1S/C16H14OS/c1-11-6-2-3-7-12(11)16(17)14-10-18-15-9-5-4-8-13(14)15/h2-9,14H,10H2,1H3. The number of hydrogen-bond acceptors (Lipinski definition) is 2. The van der Waals surface area contributed by atoms with Gasteiger partial charge in [0.25, 0.3) is 0 Å². The van der Waals surface area contributed by atoms with Crippen LogP contribution >= 0.6 is 11.8 Å². The zero-order chi connectivity index (χ0) is 12.5. The fraction of sp³-hybridized carbons (Fsp3) is 0.188. The first-order valence-electron chi connectivity index (χ1n) is 6.09. The summed E-state index contributed by atoms with van der Waals surface area (Å²) in [6.45, 7) is 2.00. The molecule has 0 saturated heterocycles. The van der Waals surface area contributed by atoms with Crippen LogP contribution in [0.3, 0.4) is 0 Å². The maximum Gasteiger partial charge on any atom is 0.171 e. The molecular formula is C16H14OS. The molecule has 18 heavy (non-hydrogen) atoms. The number of thioether (sulfide) groups is 1. The lowest BCUT2D eigenvalue weighted by atomic mass is 9.90. The van der Waals surface area contributed by atoms with E-state index in [1.54, 1.807) is 11.8 Å².